The number of likely N-dealkylation sites (N-methyl/N-ethyl adjacent to an activating group) is 1. The van der Waals surface area contributed by atoms with E-state index in [4.69, 9.17) is 0 Å². The molecule has 1 unspecified atom stereocenters. The van der Waals surface area contributed by atoms with Crippen LogP contribution in [0.25, 0.3) is 0 Å². The minimum atomic E-state index is 0.594. The van der Waals surface area contributed by atoms with Crippen LogP contribution in [0, 0.1) is 6.92 Å². The van der Waals surface area contributed by atoms with Gasteiger partial charge in [-0.3, -0.25) is 4.68 Å². The van der Waals surface area contributed by atoms with Crippen LogP contribution in [-0.4, -0.2) is 54.5 Å². The van der Waals surface area contributed by atoms with Crippen molar-refractivity contribution >= 4 is 5.82 Å². The van der Waals surface area contributed by atoms with Crippen LogP contribution >= 0.6 is 0 Å². The number of hydrogen-bond acceptors (Lipinski definition) is 4. The van der Waals surface area contributed by atoms with Crippen LogP contribution in [0.4, 0.5) is 5.82 Å². The average molecular weight is 251 g/mol. The lowest BCUT2D eigenvalue weighted by atomic mass is 10.1. The van der Waals surface area contributed by atoms with E-state index in [9.17, 15) is 0 Å². The maximum Gasteiger partial charge on any atom is 0.131 e. The summed E-state index contributed by atoms with van der Waals surface area (Å²) >= 11 is 0. The van der Waals surface area contributed by atoms with Crippen LogP contribution in [-0.2, 0) is 13.6 Å². The first kappa shape index (κ1) is 13.4. The minimum absolute atomic E-state index is 0.594. The zero-order chi connectivity index (χ0) is 13.3. The van der Waals surface area contributed by atoms with E-state index in [1.165, 1.54) is 11.4 Å². The lowest BCUT2D eigenvalue weighted by Gasteiger charge is -2.39. The molecule has 1 saturated heterocycles. The van der Waals surface area contributed by atoms with E-state index in [0.29, 0.717) is 6.04 Å². The number of anilines is 1. The van der Waals surface area contributed by atoms with Gasteiger partial charge in [0, 0.05) is 44.8 Å². The van der Waals surface area contributed by atoms with E-state index in [0.717, 1.165) is 31.9 Å². The van der Waals surface area contributed by atoms with Crippen LogP contribution in [0.2, 0.25) is 0 Å². The normalized spacial score (nSPS) is 21.6. The third-order valence-electron chi connectivity index (χ3n) is 3.93. The van der Waals surface area contributed by atoms with Gasteiger partial charge in [0.1, 0.15) is 5.82 Å². The molecule has 5 nitrogen and oxygen atoms in total. The van der Waals surface area contributed by atoms with Crippen LogP contribution in [0.15, 0.2) is 0 Å². The van der Waals surface area contributed by atoms with Crippen molar-refractivity contribution in [2.75, 3.05) is 38.6 Å². The van der Waals surface area contributed by atoms with Crippen molar-refractivity contribution in [3.8, 4) is 0 Å². The van der Waals surface area contributed by atoms with Gasteiger partial charge in [-0.05, 0) is 27.9 Å². The Morgan fingerprint density at radius 2 is 2.06 bits per heavy atom. The first-order chi connectivity index (χ1) is 8.54. The van der Waals surface area contributed by atoms with Gasteiger partial charge >= 0.3 is 0 Å². The van der Waals surface area contributed by atoms with Gasteiger partial charge in [0.05, 0.1) is 5.69 Å². The maximum atomic E-state index is 4.57. The van der Waals surface area contributed by atoms with Crippen molar-refractivity contribution in [3.63, 3.8) is 0 Å². The summed E-state index contributed by atoms with van der Waals surface area (Å²) in [6.45, 7) is 8.53. The molecular weight excluding hydrogens is 226 g/mol. The smallest absolute Gasteiger partial charge is 0.131 e. The molecule has 102 valence electrons. The number of aromatic nitrogens is 2. The SMILES string of the molecule is CNCc1c(C)nn(C)c1N1CCN(C)C(C)C1. The molecule has 0 radical (unpaired) electrons. The quantitative estimate of drug-likeness (QED) is 0.853. The fraction of sp³-hybridized carbons (Fsp3) is 0.769. The third kappa shape index (κ3) is 2.37. The second-order valence-corrected chi connectivity index (χ2v) is 5.32. The molecule has 1 fully saturated rings. The molecule has 2 rings (SSSR count). The van der Waals surface area contributed by atoms with Crippen LogP contribution in [0.3, 0.4) is 0 Å². The Kier molecular flexibility index (Phi) is 3.92. The van der Waals surface area contributed by atoms with Gasteiger partial charge in [-0.1, -0.05) is 0 Å². The Labute approximate surface area is 110 Å². The van der Waals surface area contributed by atoms with Crippen LogP contribution in [0.5, 0.6) is 0 Å². The monoisotopic (exact) mass is 251 g/mol. The molecule has 1 aromatic rings. The number of rotatable bonds is 3. The predicted octanol–water partition coefficient (Wildman–Crippen LogP) is 0.588. The topological polar surface area (TPSA) is 36.3 Å². The summed E-state index contributed by atoms with van der Waals surface area (Å²) in [6, 6.07) is 0.594. The first-order valence-corrected chi connectivity index (χ1v) is 6.66. The molecule has 0 saturated carbocycles. The minimum Gasteiger partial charge on any atom is -0.354 e. The highest BCUT2D eigenvalue weighted by molar-refractivity contribution is 5.50. The van der Waals surface area contributed by atoms with E-state index < -0.39 is 0 Å². The lowest BCUT2D eigenvalue weighted by Crippen LogP contribution is -2.50. The summed E-state index contributed by atoms with van der Waals surface area (Å²) in [5, 5.41) is 7.82. The number of piperazine rings is 1. The summed E-state index contributed by atoms with van der Waals surface area (Å²) in [5.74, 6) is 1.28. The third-order valence-corrected chi connectivity index (χ3v) is 3.93. The molecule has 2 heterocycles. The Morgan fingerprint density at radius 1 is 1.33 bits per heavy atom. The second-order valence-electron chi connectivity index (χ2n) is 5.32. The number of nitrogens with one attached hydrogen (secondary N) is 1. The van der Waals surface area contributed by atoms with Crippen molar-refractivity contribution in [2.24, 2.45) is 7.05 Å². The summed E-state index contributed by atoms with van der Waals surface area (Å²) < 4.78 is 2.03. The molecule has 1 aliphatic rings. The van der Waals surface area contributed by atoms with Gasteiger partial charge in [0.15, 0.2) is 0 Å². The average Bonchev–Trinajstić information content (AvgIpc) is 2.59. The summed E-state index contributed by atoms with van der Waals surface area (Å²) in [6.07, 6.45) is 0. The predicted molar refractivity (Wildman–Crippen MR) is 75.0 cm³/mol. The van der Waals surface area contributed by atoms with Crippen LogP contribution in [0.1, 0.15) is 18.2 Å². The van der Waals surface area contributed by atoms with Crippen molar-refractivity contribution in [2.45, 2.75) is 26.4 Å². The lowest BCUT2D eigenvalue weighted by molar-refractivity contribution is 0.232. The molecular formula is C13H25N5. The Hall–Kier alpha value is -1.07. The Balaban J connectivity index is 2.27. The fourth-order valence-corrected chi connectivity index (χ4v) is 2.71. The largest absolute Gasteiger partial charge is 0.354 e. The zero-order valence-corrected chi connectivity index (χ0v) is 12.2. The molecule has 1 aromatic heterocycles. The maximum absolute atomic E-state index is 4.57. The Bertz CT molecular complexity index is 412. The highest BCUT2D eigenvalue weighted by Gasteiger charge is 2.25. The van der Waals surface area contributed by atoms with Gasteiger partial charge in [-0.25, -0.2) is 0 Å². The molecule has 0 bridgehead atoms. The molecule has 0 aromatic carbocycles. The molecule has 1 N–H and O–H groups in total. The van der Waals surface area contributed by atoms with Crippen molar-refractivity contribution in [3.05, 3.63) is 11.3 Å². The van der Waals surface area contributed by atoms with Crippen molar-refractivity contribution in [1.82, 2.24) is 20.0 Å². The van der Waals surface area contributed by atoms with E-state index in [1.807, 2.05) is 18.8 Å². The van der Waals surface area contributed by atoms with Crippen molar-refractivity contribution < 1.29 is 0 Å². The molecule has 0 amide bonds. The molecule has 5 heteroatoms. The molecule has 1 aliphatic heterocycles. The van der Waals surface area contributed by atoms with Crippen molar-refractivity contribution in [1.29, 1.82) is 0 Å². The van der Waals surface area contributed by atoms with E-state index in [1.54, 1.807) is 0 Å². The van der Waals surface area contributed by atoms with E-state index in [-0.39, 0.29) is 0 Å². The highest BCUT2D eigenvalue weighted by atomic mass is 15.4. The van der Waals surface area contributed by atoms with Gasteiger partial charge in [0.2, 0.25) is 0 Å². The summed E-state index contributed by atoms with van der Waals surface area (Å²) in [5.41, 5.74) is 2.46. The molecule has 18 heavy (non-hydrogen) atoms. The number of aryl methyl sites for hydroxylation is 2. The van der Waals surface area contributed by atoms with Gasteiger partial charge < -0.3 is 15.1 Å². The summed E-state index contributed by atoms with van der Waals surface area (Å²) in [4.78, 5) is 4.88. The van der Waals surface area contributed by atoms with Gasteiger partial charge in [-0.2, -0.15) is 5.10 Å². The zero-order valence-electron chi connectivity index (χ0n) is 12.2. The summed E-state index contributed by atoms with van der Waals surface area (Å²) in [7, 11) is 6.23. The first-order valence-electron chi connectivity index (χ1n) is 6.66. The molecule has 1 atom stereocenters. The van der Waals surface area contributed by atoms with Gasteiger partial charge in [-0.15, -0.1) is 0 Å². The number of nitrogens with zero attached hydrogens (tertiary/aromatic N) is 4. The van der Waals surface area contributed by atoms with E-state index >= 15 is 0 Å². The number of hydrogen-bond donors (Lipinski definition) is 1. The van der Waals surface area contributed by atoms with Crippen LogP contribution < -0.4 is 10.2 Å². The highest BCUT2D eigenvalue weighted by Crippen LogP contribution is 2.25. The van der Waals surface area contributed by atoms with Gasteiger partial charge in [0.25, 0.3) is 0 Å². The van der Waals surface area contributed by atoms with E-state index in [2.05, 4.69) is 41.1 Å². The second kappa shape index (κ2) is 5.28. The standard InChI is InChI=1S/C13H25N5/c1-10-9-18(7-6-16(10)4)13-12(8-14-3)11(2)15-17(13)5/h10,14H,6-9H2,1-5H3. The Morgan fingerprint density at radius 3 is 2.67 bits per heavy atom. The fourth-order valence-electron chi connectivity index (χ4n) is 2.71. The molecule has 0 spiro atoms. The molecule has 0 aliphatic carbocycles.